The molecule has 1 saturated heterocycles. The summed E-state index contributed by atoms with van der Waals surface area (Å²) in [4.78, 5) is 47.9. The minimum atomic E-state index is -0.763. The van der Waals surface area contributed by atoms with Gasteiger partial charge in [0, 0.05) is 18.9 Å². The van der Waals surface area contributed by atoms with E-state index in [1.54, 1.807) is 17.0 Å². The molecule has 10 heteroatoms. The number of nitrogens with one attached hydrogen (secondary N) is 2. The summed E-state index contributed by atoms with van der Waals surface area (Å²) in [5.74, 6) is -0.414. The fraction of sp³-hybridized carbons (Fsp3) is 0.542. The third-order valence-corrected chi connectivity index (χ3v) is 8.21. The molecule has 8 nitrogen and oxygen atoms in total. The van der Waals surface area contributed by atoms with Crippen LogP contribution in [0.15, 0.2) is 12.1 Å². The first-order valence-electron chi connectivity index (χ1n) is 11.7. The maximum Gasteiger partial charge on any atom is 0.290 e. The highest BCUT2D eigenvalue weighted by Crippen LogP contribution is 2.43. The molecule has 5 rings (SSSR count). The number of halogens is 2. The van der Waals surface area contributed by atoms with Crippen LogP contribution in [-0.4, -0.2) is 51.1 Å². The van der Waals surface area contributed by atoms with Gasteiger partial charge in [-0.15, -0.1) is 0 Å². The highest BCUT2D eigenvalue weighted by Gasteiger charge is 2.50. The monoisotopic (exact) mass is 501 g/mol. The Hall–Kier alpha value is -2.63. The van der Waals surface area contributed by atoms with E-state index >= 15 is 0 Å². The van der Waals surface area contributed by atoms with Crippen molar-refractivity contribution in [3.05, 3.63) is 28.0 Å². The second kappa shape index (κ2) is 9.20. The number of nitrogens with zero attached hydrogens (tertiary/aromatic N) is 3. The number of Topliss-reactive ketones (excluding diaryl/α,β-unsaturated/α-hetero) is 1. The summed E-state index contributed by atoms with van der Waals surface area (Å²) in [6.07, 6.45) is 5.25. The number of H-pyrrole nitrogens is 1. The molecule has 1 aliphatic heterocycles. The molecule has 0 bridgehead atoms. The predicted octanol–water partition coefficient (Wildman–Crippen LogP) is 3.88. The van der Waals surface area contributed by atoms with Gasteiger partial charge in [0.25, 0.3) is 5.91 Å². The molecule has 2 heterocycles. The van der Waals surface area contributed by atoms with Crippen molar-refractivity contribution < 1.29 is 14.4 Å². The van der Waals surface area contributed by atoms with Crippen LogP contribution in [0.4, 0.5) is 0 Å². The molecule has 1 aromatic carbocycles. The summed E-state index contributed by atoms with van der Waals surface area (Å²) < 4.78 is 0. The Morgan fingerprint density at radius 3 is 2.74 bits per heavy atom. The molecule has 2 saturated carbocycles. The molecule has 178 valence electrons. The number of benzene rings is 1. The zero-order valence-electron chi connectivity index (χ0n) is 18.5. The zero-order chi connectivity index (χ0) is 24.0. The van der Waals surface area contributed by atoms with E-state index < -0.39 is 18.0 Å². The van der Waals surface area contributed by atoms with Gasteiger partial charge in [0.1, 0.15) is 23.4 Å². The SMILES string of the molecule is N#C[C@H](C[C@@H]1CCCC1=O)NC(=O)[C@@H]1[C@H]2CCC[C@H]2CN1C(=O)c1nc2c(Cl)ccc(Cl)c2[nH]1. The van der Waals surface area contributed by atoms with E-state index in [1.807, 2.05) is 0 Å². The Morgan fingerprint density at radius 1 is 1.24 bits per heavy atom. The summed E-state index contributed by atoms with van der Waals surface area (Å²) in [6, 6.07) is 3.94. The molecule has 0 unspecified atom stereocenters. The van der Waals surface area contributed by atoms with Crippen LogP contribution in [0, 0.1) is 29.1 Å². The topological polar surface area (TPSA) is 119 Å². The highest BCUT2D eigenvalue weighted by atomic mass is 35.5. The number of amides is 2. The van der Waals surface area contributed by atoms with Gasteiger partial charge in [-0.1, -0.05) is 29.6 Å². The molecule has 2 amide bonds. The van der Waals surface area contributed by atoms with Crippen LogP contribution < -0.4 is 5.32 Å². The fourth-order valence-electron chi connectivity index (χ4n) is 5.94. The summed E-state index contributed by atoms with van der Waals surface area (Å²) in [5.41, 5.74) is 0.882. The van der Waals surface area contributed by atoms with Crippen molar-refractivity contribution in [3.8, 4) is 6.07 Å². The van der Waals surface area contributed by atoms with Crippen molar-refractivity contribution in [2.24, 2.45) is 17.8 Å². The Bertz CT molecular complexity index is 1170. The second-order valence-electron chi connectivity index (χ2n) is 9.58. The molecule has 0 spiro atoms. The number of nitriles is 1. The number of carbonyl (C=O) groups excluding carboxylic acids is 3. The summed E-state index contributed by atoms with van der Waals surface area (Å²) in [5, 5.41) is 13.2. The first-order chi connectivity index (χ1) is 16.4. The van der Waals surface area contributed by atoms with Gasteiger partial charge in [0.05, 0.1) is 21.6 Å². The Labute approximate surface area is 207 Å². The van der Waals surface area contributed by atoms with E-state index in [0.29, 0.717) is 40.5 Å². The van der Waals surface area contributed by atoms with E-state index in [2.05, 4.69) is 21.4 Å². The maximum atomic E-state index is 13.5. The Morgan fingerprint density at radius 2 is 2.03 bits per heavy atom. The lowest BCUT2D eigenvalue weighted by Crippen LogP contribution is -2.51. The molecule has 3 fully saturated rings. The van der Waals surface area contributed by atoms with Gasteiger partial charge in [-0.3, -0.25) is 14.4 Å². The number of ketones is 1. The maximum absolute atomic E-state index is 13.5. The lowest BCUT2D eigenvalue weighted by molar-refractivity contribution is -0.127. The van der Waals surface area contributed by atoms with Crippen LogP contribution in [0.3, 0.4) is 0 Å². The van der Waals surface area contributed by atoms with E-state index in [9.17, 15) is 19.6 Å². The van der Waals surface area contributed by atoms with Crippen LogP contribution in [0.5, 0.6) is 0 Å². The average Bonchev–Trinajstić information content (AvgIpc) is 3.59. The molecular weight excluding hydrogens is 477 g/mol. The van der Waals surface area contributed by atoms with E-state index in [0.717, 1.165) is 32.1 Å². The standard InChI is InChI=1S/C24H25Cl2N5O3/c25-16-7-8-17(26)20-19(16)29-22(30-20)24(34)31-11-13-4-1-5-15(13)21(31)23(33)28-14(10-27)9-12-3-2-6-18(12)32/h7-8,12-15,21H,1-6,9,11H2,(H,28,33)(H,29,30)/t12-,13-,14-,15-,21-/m0/s1. The van der Waals surface area contributed by atoms with Crippen LogP contribution in [0.1, 0.15) is 55.6 Å². The van der Waals surface area contributed by atoms with Gasteiger partial charge >= 0.3 is 0 Å². The number of aromatic amines is 1. The first-order valence-corrected chi connectivity index (χ1v) is 12.5. The average molecular weight is 502 g/mol. The molecule has 3 aliphatic rings. The highest BCUT2D eigenvalue weighted by molar-refractivity contribution is 6.39. The molecular formula is C24H25Cl2N5O3. The van der Waals surface area contributed by atoms with Gasteiger partial charge in [0.15, 0.2) is 5.82 Å². The molecule has 0 radical (unpaired) electrons. The minimum Gasteiger partial charge on any atom is -0.339 e. The van der Waals surface area contributed by atoms with Gasteiger partial charge in [0.2, 0.25) is 5.91 Å². The smallest absolute Gasteiger partial charge is 0.290 e. The molecule has 2 N–H and O–H groups in total. The zero-order valence-corrected chi connectivity index (χ0v) is 20.0. The molecule has 5 atom stereocenters. The molecule has 34 heavy (non-hydrogen) atoms. The molecule has 2 aromatic rings. The van der Waals surface area contributed by atoms with Crippen molar-refractivity contribution in [2.45, 2.75) is 57.0 Å². The number of aromatic nitrogens is 2. The summed E-state index contributed by atoms with van der Waals surface area (Å²) in [7, 11) is 0. The predicted molar refractivity (Wildman–Crippen MR) is 126 cm³/mol. The van der Waals surface area contributed by atoms with E-state index in [-0.39, 0.29) is 35.3 Å². The Kier molecular flexibility index (Phi) is 6.26. The number of fused-ring (bicyclic) bond motifs is 2. The number of rotatable bonds is 5. The van der Waals surface area contributed by atoms with Gasteiger partial charge in [-0.2, -0.15) is 5.26 Å². The van der Waals surface area contributed by atoms with Gasteiger partial charge in [-0.05, 0) is 56.1 Å². The van der Waals surface area contributed by atoms with Crippen molar-refractivity contribution in [3.63, 3.8) is 0 Å². The van der Waals surface area contributed by atoms with E-state index in [4.69, 9.17) is 23.2 Å². The fourth-order valence-corrected chi connectivity index (χ4v) is 6.34. The number of hydrogen-bond donors (Lipinski definition) is 2. The summed E-state index contributed by atoms with van der Waals surface area (Å²) in [6.45, 7) is 0.457. The van der Waals surface area contributed by atoms with Crippen LogP contribution in [0.25, 0.3) is 11.0 Å². The third kappa shape index (κ3) is 4.05. The van der Waals surface area contributed by atoms with Gasteiger partial charge < -0.3 is 15.2 Å². The Balaban J connectivity index is 1.38. The quantitative estimate of drug-likeness (QED) is 0.643. The van der Waals surface area contributed by atoms with Crippen molar-refractivity contribution >= 4 is 51.8 Å². The summed E-state index contributed by atoms with van der Waals surface area (Å²) >= 11 is 12.5. The van der Waals surface area contributed by atoms with Gasteiger partial charge in [-0.25, -0.2) is 4.98 Å². The third-order valence-electron chi connectivity index (χ3n) is 7.59. The van der Waals surface area contributed by atoms with Crippen molar-refractivity contribution in [1.82, 2.24) is 20.2 Å². The van der Waals surface area contributed by atoms with E-state index in [1.165, 1.54) is 0 Å². The lowest BCUT2D eigenvalue weighted by atomic mass is 9.92. The minimum absolute atomic E-state index is 0.0351. The van der Waals surface area contributed by atoms with Crippen molar-refractivity contribution in [1.29, 1.82) is 5.26 Å². The number of hydrogen-bond acceptors (Lipinski definition) is 5. The lowest BCUT2D eigenvalue weighted by Gasteiger charge is -2.27. The molecule has 2 aliphatic carbocycles. The van der Waals surface area contributed by atoms with Crippen molar-refractivity contribution in [2.75, 3.05) is 6.54 Å². The number of carbonyl (C=O) groups is 3. The van der Waals surface area contributed by atoms with Crippen LogP contribution in [-0.2, 0) is 9.59 Å². The second-order valence-corrected chi connectivity index (χ2v) is 10.4. The largest absolute Gasteiger partial charge is 0.339 e. The normalized spacial score (nSPS) is 27.1. The number of imidazole rings is 1. The first kappa shape index (κ1) is 23.1. The number of likely N-dealkylation sites (tertiary alicyclic amines) is 1. The van der Waals surface area contributed by atoms with Crippen LogP contribution in [0.2, 0.25) is 10.0 Å². The van der Waals surface area contributed by atoms with Crippen LogP contribution >= 0.6 is 23.2 Å². The molecule has 1 aromatic heterocycles.